The Kier molecular flexibility index (Phi) is 7.65. The third kappa shape index (κ3) is 5.49. The number of hydrogen-bond acceptors (Lipinski definition) is 6. The van der Waals surface area contributed by atoms with E-state index in [2.05, 4.69) is 15.6 Å². The Balaban J connectivity index is 1.33. The average molecular weight is 683 g/mol. The largest absolute Gasteiger partial charge is 0.508 e. The molecule has 0 spiro atoms. The SMILES string of the molecule is O=C(O)c1c(-c2cccc(O)c2)cc2c(nc(-c3ccc4nc(-c5cccc(O)c5)ccc4c3)n2C2CCCCC2)c1-c1ccc2ncccc2c1. The molecule has 0 saturated heterocycles. The van der Waals surface area contributed by atoms with E-state index in [4.69, 9.17) is 9.97 Å². The minimum Gasteiger partial charge on any atom is -0.508 e. The fraction of sp³-hybridized carbons (Fsp3) is 0.136. The van der Waals surface area contributed by atoms with Crippen LogP contribution in [0.25, 0.3) is 77.7 Å². The van der Waals surface area contributed by atoms with Gasteiger partial charge in [-0.2, -0.15) is 0 Å². The van der Waals surface area contributed by atoms with Gasteiger partial charge in [-0.25, -0.2) is 14.8 Å². The number of benzene rings is 5. The number of nitrogens with zero attached hydrogens (tertiary/aromatic N) is 4. The van der Waals surface area contributed by atoms with Gasteiger partial charge < -0.3 is 19.9 Å². The number of aromatic nitrogens is 4. The molecule has 0 aliphatic heterocycles. The molecule has 0 unspecified atom stereocenters. The zero-order valence-electron chi connectivity index (χ0n) is 28.2. The topological polar surface area (TPSA) is 121 Å². The van der Waals surface area contributed by atoms with E-state index in [-0.39, 0.29) is 23.1 Å². The van der Waals surface area contributed by atoms with E-state index >= 15 is 0 Å². The third-order valence-corrected chi connectivity index (χ3v) is 10.3. The quantitative estimate of drug-likeness (QED) is 0.160. The zero-order chi connectivity index (χ0) is 35.3. The summed E-state index contributed by atoms with van der Waals surface area (Å²) in [4.78, 5) is 28.2. The molecular weight excluding hydrogens is 649 g/mol. The third-order valence-electron chi connectivity index (χ3n) is 10.3. The molecule has 3 aromatic heterocycles. The number of fused-ring (bicyclic) bond motifs is 3. The summed E-state index contributed by atoms with van der Waals surface area (Å²) in [6.45, 7) is 0. The predicted molar refractivity (Wildman–Crippen MR) is 204 cm³/mol. The number of carbonyl (C=O) groups is 1. The molecule has 5 aromatic carbocycles. The van der Waals surface area contributed by atoms with Crippen molar-refractivity contribution in [1.29, 1.82) is 0 Å². The number of aromatic carboxylic acids is 1. The summed E-state index contributed by atoms with van der Waals surface area (Å²) < 4.78 is 2.33. The maximum Gasteiger partial charge on any atom is 0.337 e. The molecule has 0 atom stereocenters. The van der Waals surface area contributed by atoms with Crippen molar-refractivity contribution in [2.24, 2.45) is 0 Å². The van der Waals surface area contributed by atoms with E-state index in [0.717, 1.165) is 81.2 Å². The molecule has 8 aromatic rings. The maximum atomic E-state index is 13.4. The van der Waals surface area contributed by atoms with Crippen LogP contribution >= 0.6 is 0 Å². The van der Waals surface area contributed by atoms with Crippen molar-refractivity contribution in [1.82, 2.24) is 19.5 Å². The number of rotatable bonds is 6. The van der Waals surface area contributed by atoms with Crippen molar-refractivity contribution < 1.29 is 20.1 Å². The highest BCUT2D eigenvalue weighted by Gasteiger charge is 2.29. The number of pyridine rings is 2. The van der Waals surface area contributed by atoms with Crippen LogP contribution in [0.5, 0.6) is 11.5 Å². The smallest absolute Gasteiger partial charge is 0.337 e. The number of carboxylic acid groups (broad SMARTS) is 1. The molecule has 3 heterocycles. The van der Waals surface area contributed by atoms with Crippen LogP contribution in [0.4, 0.5) is 0 Å². The lowest BCUT2D eigenvalue weighted by atomic mass is 9.89. The molecule has 52 heavy (non-hydrogen) atoms. The van der Waals surface area contributed by atoms with Gasteiger partial charge in [-0.05, 0) is 102 Å². The van der Waals surface area contributed by atoms with Gasteiger partial charge in [0.05, 0.1) is 33.3 Å². The molecular formula is C44H34N4O4. The summed E-state index contributed by atoms with van der Waals surface area (Å²) in [5.74, 6) is -0.0522. The van der Waals surface area contributed by atoms with Crippen molar-refractivity contribution in [3.05, 3.63) is 127 Å². The Hall–Kier alpha value is -6.54. The molecule has 8 nitrogen and oxygen atoms in total. The van der Waals surface area contributed by atoms with E-state index in [1.165, 1.54) is 6.42 Å². The molecule has 1 aliphatic carbocycles. The lowest BCUT2D eigenvalue weighted by Gasteiger charge is -2.26. The minimum absolute atomic E-state index is 0.0609. The second-order valence-electron chi connectivity index (χ2n) is 13.6. The average Bonchev–Trinajstić information content (AvgIpc) is 3.56. The molecule has 1 aliphatic rings. The van der Waals surface area contributed by atoms with Crippen LogP contribution in [-0.4, -0.2) is 40.8 Å². The number of aromatic hydroxyl groups is 2. The molecule has 8 heteroatoms. The normalized spacial score (nSPS) is 13.6. The van der Waals surface area contributed by atoms with Crippen LogP contribution < -0.4 is 0 Å². The molecule has 0 radical (unpaired) electrons. The molecule has 0 amide bonds. The lowest BCUT2D eigenvalue weighted by molar-refractivity contribution is 0.0698. The number of hydrogen-bond donors (Lipinski definition) is 3. The lowest BCUT2D eigenvalue weighted by Crippen LogP contribution is -2.14. The number of carboxylic acids is 1. The fourth-order valence-corrected chi connectivity index (χ4v) is 7.87. The molecule has 3 N–H and O–H groups in total. The molecule has 254 valence electrons. The standard InChI is InChI=1S/C44H34N4O4/c49-33-12-4-7-26(23-33)35-25-39-42(40(41(35)44(51)52)30-15-17-36-27(21-30)9-6-20-45-36)47-43(48(39)32-10-2-1-3-11-32)31-16-19-38-29(22-31)14-18-37(46-38)28-8-5-13-34(50)24-28/h4-9,12-25,32,49-50H,1-3,10-11H2,(H,51,52). The summed E-state index contributed by atoms with van der Waals surface area (Å²) >= 11 is 0. The Morgan fingerprint density at radius 1 is 0.654 bits per heavy atom. The van der Waals surface area contributed by atoms with Crippen molar-refractivity contribution >= 4 is 38.8 Å². The minimum atomic E-state index is -1.07. The van der Waals surface area contributed by atoms with Crippen molar-refractivity contribution in [3.63, 3.8) is 0 Å². The van der Waals surface area contributed by atoms with Crippen LogP contribution in [0.15, 0.2) is 121 Å². The molecule has 0 bridgehead atoms. The van der Waals surface area contributed by atoms with Gasteiger partial charge in [0, 0.05) is 39.7 Å². The maximum absolute atomic E-state index is 13.4. The van der Waals surface area contributed by atoms with E-state index in [0.29, 0.717) is 22.2 Å². The summed E-state index contributed by atoms with van der Waals surface area (Å²) in [5.41, 5.74) is 8.11. The van der Waals surface area contributed by atoms with E-state index in [1.807, 2.05) is 72.8 Å². The van der Waals surface area contributed by atoms with Gasteiger partial charge in [0.1, 0.15) is 17.3 Å². The fourth-order valence-electron chi connectivity index (χ4n) is 7.87. The van der Waals surface area contributed by atoms with Gasteiger partial charge in [0.15, 0.2) is 0 Å². The van der Waals surface area contributed by atoms with Crippen LogP contribution in [0, 0.1) is 0 Å². The van der Waals surface area contributed by atoms with Gasteiger partial charge in [-0.3, -0.25) is 4.98 Å². The van der Waals surface area contributed by atoms with E-state index in [9.17, 15) is 20.1 Å². The monoisotopic (exact) mass is 682 g/mol. The summed E-state index contributed by atoms with van der Waals surface area (Å²) in [7, 11) is 0. The van der Waals surface area contributed by atoms with Crippen LogP contribution in [0.1, 0.15) is 48.5 Å². The Morgan fingerprint density at radius 3 is 2.15 bits per heavy atom. The van der Waals surface area contributed by atoms with Crippen LogP contribution in [0.2, 0.25) is 0 Å². The number of imidazole rings is 1. The number of phenols is 2. The Labute approximate surface area is 299 Å². The van der Waals surface area contributed by atoms with Gasteiger partial charge in [0.2, 0.25) is 0 Å². The van der Waals surface area contributed by atoms with Gasteiger partial charge in [-0.15, -0.1) is 0 Å². The predicted octanol–water partition coefficient (Wildman–Crippen LogP) is 10.4. The molecule has 9 rings (SSSR count). The van der Waals surface area contributed by atoms with E-state index < -0.39 is 5.97 Å². The van der Waals surface area contributed by atoms with Crippen molar-refractivity contribution in [2.75, 3.05) is 0 Å². The second kappa shape index (κ2) is 12.7. The highest BCUT2D eigenvalue weighted by Crippen LogP contribution is 2.44. The van der Waals surface area contributed by atoms with E-state index in [1.54, 1.807) is 42.6 Å². The van der Waals surface area contributed by atoms with Crippen molar-refractivity contribution in [2.45, 2.75) is 38.1 Å². The first-order valence-corrected chi connectivity index (χ1v) is 17.6. The first-order valence-electron chi connectivity index (χ1n) is 17.6. The van der Waals surface area contributed by atoms with Gasteiger partial charge in [0.25, 0.3) is 0 Å². The highest BCUT2D eigenvalue weighted by atomic mass is 16.4. The molecule has 1 saturated carbocycles. The van der Waals surface area contributed by atoms with Crippen LogP contribution in [-0.2, 0) is 0 Å². The number of phenolic OH excluding ortho intramolecular Hbond substituents is 2. The summed E-state index contributed by atoms with van der Waals surface area (Å²) in [6, 6.07) is 35.8. The zero-order valence-corrected chi connectivity index (χ0v) is 28.2. The second-order valence-corrected chi connectivity index (χ2v) is 13.6. The van der Waals surface area contributed by atoms with Crippen LogP contribution in [0.3, 0.4) is 0 Å². The summed E-state index contributed by atoms with van der Waals surface area (Å²) in [5, 5.41) is 33.4. The highest BCUT2D eigenvalue weighted by molar-refractivity contribution is 6.12. The van der Waals surface area contributed by atoms with Gasteiger partial charge in [-0.1, -0.05) is 61.7 Å². The first-order chi connectivity index (χ1) is 25.4. The van der Waals surface area contributed by atoms with Crippen molar-refractivity contribution in [3.8, 4) is 56.4 Å². The Morgan fingerprint density at radius 2 is 1.37 bits per heavy atom. The Bertz CT molecular complexity index is 2690. The summed E-state index contributed by atoms with van der Waals surface area (Å²) in [6.07, 6.45) is 7.09. The first kappa shape index (κ1) is 31.4. The molecule has 1 fully saturated rings. The van der Waals surface area contributed by atoms with Gasteiger partial charge >= 0.3 is 5.97 Å².